The van der Waals surface area contributed by atoms with Crippen LogP contribution in [0.2, 0.25) is 0 Å². The summed E-state index contributed by atoms with van der Waals surface area (Å²) in [5, 5.41) is 4.57. The number of carbonyl (C=O) groups is 4. The first-order chi connectivity index (χ1) is 14.6. The van der Waals surface area contributed by atoms with Crippen LogP contribution in [0.5, 0.6) is 0 Å². The molecule has 7 nitrogen and oxygen atoms in total. The molecule has 0 bridgehead atoms. The third-order valence-corrected chi connectivity index (χ3v) is 3.98. The molecule has 0 unspecified atom stereocenters. The molecule has 0 saturated carbocycles. The largest absolute Gasteiger partial charge is 0.456 e. The molecule has 0 aromatic heterocycles. The van der Waals surface area contributed by atoms with Gasteiger partial charge in [-0.05, 0) is 31.2 Å². The van der Waals surface area contributed by atoms with Gasteiger partial charge in [0.05, 0.1) is 17.7 Å². The normalized spacial score (nSPS) is 10.8. The predicted molar refractivity (Wildman–Crippen MR) is 105 cm³/mol. The second-order valence-electron chi connectivity index (χ2n) is 6.44. The van der Waals surface area contributed by atoms with Gasteiger partial charge in [-0.2, -0.15) is 13.2 Å². The average Bonchev–Trinajstić information content (AvgIpc) is 2.70. The van der Waals surface area contributed by atoms with Crippen LogP contribution in [0.3, 0.4) is 0 Å². The lowest BCUT2D eigenvalue weighted by molar-refractivity contribution is -0.148. The predicted octanol–water partition coefficient (Wildman–Crippen LogP) is 3.81. The van der Waals surface area contributed by atoms with Crippen molar-refractivity contribution in [2.24, 2.45) is 0 Å². The highest BCUT2D eigenvalue weighted by Gasteiger charge is 2.33. The Hall–Kier alpha value is -3.69. The van der Waals surface area contributed by atoms with Gasteiger partial charge in [0, 0.05) is 17.7 Å². The first-order valence-corrected chi connectivity index (χ1v) is 9.09. The zero-order valence-electron chi connectivity index (χ0n) is 16.4. The molecule has 0 heterocycles. The van der Waals surface area contributed by atoms with Crippen molar-refractivity contribution in [3.8, 4) is 0 Å². The van der Waals surface area contributed by atoms with E-state index in [1.54, 1.807) is 18.2 Å². The fourth-order valence-electron chi connectivity index (χ4n) is 2.50. The standard InChI is InChI=1S/C21H19F3N2O5/c1-13(27)14-5-4-6-15(11-14)25-18(28)9-10-20(30)31-12-19(29)26-17-8-3-2-7-16(17)21(22,23)24/h2-8,11H,9-10,12H2,1H3,(H,25,28)(H,26,29). The van der Waals surface area contributed by atoms with Crippen LogP contribution in [-0.4, -0.2) is 30.2 Å². The first kappa shape index (κ1) is 23.6. The number of amides is 2. The van der Waals surface area contributed by atoms with Crippen molar-refractivity contribution in [2.75, 3.05) is 17.2 Å². The Morgan fingerprint density at radius 1 is 0.903 bits per heavy atom. The number of nitrogens with one attached hydrogen (secondary N) is 2. The Balaban J connectivity index is 1.78. The van der Waals surface area contributed by atoms with Crippen molar-refractivity contribution in [1.29, 1.82) is 0 Å². The molecule has 2 N–H and O–H groups in total. The van der Waals surface area contributed by atoms with E-state index in [1.807, 2.05) is 5.32 Å². The molecule has 2 aromatic carbocycles. The molecular weight excluding hydrogens is 417 g/mol. The minimum Gasteiger partial charge on any atom is -0.456 e. The summed E-state index contributed by atoms with van der Waals surface area (Å²) in [6.07, 6.45) is -5.25. The topological polar surface area (TPSA) is 102 Å². The number of ether oxygens (including phenoxy) is 1. The zero-order valence-corrected chi connectivity index (χ0v) is 16.4. The van der Waals surface area contributed by atoms with Gasteiger partial charge in [-0.1, -0.05) is 24.3 Å². The van der Waals surface area contributed by atoms with Crippen molar-refractivity contribution in [1.82, 2.24) is 0 Å². The molecule has 0 fully saturated rings. The Morgan fingerprint density at radius 2 is 1.61 bits per heavy atom. The quantitative estimate of drug-likeness (QED) is 0.484. The Labute approximate surface area is 175 Å². The van der Waals surface area contributed by atoms with E-state index in [0.29, 0.717) is 11.3 Å². The van der Waals surface area contributed by atoms with Gasteiger partial charge in [-0.3, -0.25) is 19.2 Å². The molecule has 164 valence electrons. The van der Waals surface area contributed by atoms with Crippen LogP contribution in [-0.2, 0) is 25.3 Å². The van der Waals surface area contributed by atoms with E-state index in [9.17, 15) is 32.3 Å². The lowest BCUT2D eigenvalue weighted by atomic mass is 10.1. The second kappa shape index (κ2) is 10.4. The third-order valence-electron chi connectivity index (χ3n) is 3.98. The van der Waals surface area contributed by atoms with E-state index in [0.717, 1.165) is 12.1 Å². The highest BCUT2D eigenvalue weighted by molar-refractivity contribution is 5.97. The number of para-hydroxylation sites is 1. The van der Waals surface area contributed by atoms with Gasteiger partial charge in [0.25, 0.3) is 5.91 Å². The number of alkyl halides is 3. The Morgan fingerprint density at radius 3 is 2.29 bits per heavy atom. The van der Waals surface area contributed by atoms with Gasteiger partial charge >= 0.3 is 12.1 Å². The number of hydrogen-bond donors (Lipinski definition) is 2. The number of anilines is 2. The lowest BCUT2D eigenvalue weighted by Crippen LogP contribution is -2.23. The molecule has 31 heavy (non-hydrogen) atoms. The fraction of sp³-hybridized carbons (Fsp3) is 0.238. The molecule has 2 amide bonds. The number of benzene rings is 2. The number of halogens is 3. The smallest absolute Gasteiger partial charge is 0.418 e. The van der Waals surface area contributed by atoms with Gasteiger partial charge in [-0.15, -0.1) is 0 Å². The number of hydrogen-bond acceptors (Lipinski definition) is 5. The maximum absolute atomic E-state index is 12.9. The molecule has 0 radical (unpaired) electrons. The monoisotopic (exact) mass is 436 g/mol. The molecule has 0 aliphatic heterocycles. The molecule has 0 spiro atoms. The number of ketones is 1. The number of rotatable bonds is 8. The summed E-state index contributed by atoms with van der Waals surface area (Å²) >= 11 is 0. The molecule has 0 saturated heterocycles. The molecule has 0 aliphatic rings. The second-order valence-corrected chi connectivity index (χ2v) is 6.44. The SMILES string of the molecule is CC(=O)c1cccc(NC(=O)CCC(=O)OCC(=O)Nc2ccccc2C(F)(F)F)c1. The van der Waals surface area contributed by atoms with E-state index < -0.39 is 41.8 Å². The molecule has 0 aliphatic carbocycles. The summed E-state index contributed by atoms with van der Waals surface area (Å²) in [6.45, 7) is 0.585. The van der Waals surface area contributed by atoms with Gasteiger partial charge in [0.1, 0.15) is 0 Å². The number of esters is 1. The van der Waals surface area contributed by atoms with Crippen LogP contribution in [0.25, 0.3) is 0 Å². The molecule has 0 atom stereocenters. The van der Waals surface area contributed by atoms with Crippen molar-refractivity contribution in [3.05, 3.63) is 59.7 Å². The van der Waals surface area contributed by atoms with Crippen LogP contribution in [0.4, 0.5) is 24.5 Å². The molecule has 10 heteroatoms. The lowest BCUT2D eigenvalue weighted by Gasteiger charge is -2.13. The van der Waals surface area contributed by atoms with E-state index >= 15 is 0 Å². The Kier molecular flexibility index (Phi) is 7.89. The fourth-order valence-corrected chi connectivity index (χ4v) is 2.50. The van der Waals surface area contributed by atoms with E-state index in [1.165, 1.54) is 25.1 Å². The van der Waals surface area contributed by atoms with Crippen LogP contribution in [0, 0.1) is 0 Å². The average molecular weight is 436 g/mol. The summed E-state index contributed by atoms with van der Waals surface area (Å²) in [4.78, 5) is 46.8. The minimum absolute atomic E-state index is 0.171. The third kappa shape index (κ3) is 7.57. The summed E-state index contributed by atoms with van der Waals surface area (Å²) in [5.74, 6) is -2.50. The summed E-state index contributed by atoms with van der Waals surface area (Å²) in [6, 6.07) is 10.6. The van der Waals surface area contributed by atoms with Gasteiger partial charge in [-0.25, -0.2) is 0 Å². The summed E-state index contributed by atoms with van der Waals surface area (Å²) in [7, 11) is 0. The number of Topliss-reactive ketones (excluding diaryl/α,β-unsaturated/α-hetero) is 1. The molecule has 2 aromatic rings. The van der Waals surface area contributed by atoms with Crippen molar-refractivity contribution in [2.45, 2.75) is 25.9 Å². The van der Waals surface area contributed by atoms with Gasteiger partial charge in [0.15, 0.2) is 12.4 Å². The van der Waals surface area contributed by atoms with Crippen LogP contribution in [0.1, 0.15) is 35.7 Å². The van der Waals surface area contributed by atoms with E-state index in [2.05, 4.69) is 5.32 Å². The van der Waals surface area contributed by atoms with Crippen molar-refractivity contribution >= 4 is 34.9 Å². The van der Waals surface area contributed by atoms with Gasteiger partial charge < -0.3 is 15.4 Å². The maximum Gasteiger partial charge on any atom is 0.418 e. The van der Waals surface area contributed by atoms with E-state index in [4.69, 9.17) is 4.74 Å². The minimum atomic E-state index is -4.65. The number of carbonyl (C=O) groups excluding carboxylic acids is 4. The van der Waals surface area contributed by atoms with Crippen LogP contribution >= 0.6 is 0 Å². The van der Waals surface area contributed by atoms with Gasteiger partial charge in [0.2, 0.25) is 5.91 Å². The maximum atomic E-state index is 12.9. The van der Waals surface area contributed by atoms with Crippen LogP contribution in [0.15, 0.2) is 48.5 Å². The van der Waals surface area contributed by atoms with E-state index in [-0.39, 0.29) is 18.6 Å². The molecular formula is C21H19F3N2O5. The Bertz CT molecular complexity index is 989. The summed E-state index contributed by atoms with van der Waals surface area (Å²) < 4.78 is 43.4. The zero-order chi connectivity index (χ0) is 23.0. The van der Waals surface area contributed by atoms with Crippen LogP contribution < -0.4 is 10.6 Å². The molecule has 2 rings (SSSR count). The first-order valence-electron chi connectivity index (χ1n) is 9.09. The highest BCUT2D eigenvalue weighted by Crippen LogP contribution is 2.34. The highest BCUT2D eigenvalue weighted by atomic mass is 19.4. The van der Waals surface area contributed by atoms with Crippen molar-refractivity contribution < 1.29 is 37.1 Å². The summed E-state index contributed by atoms with van der Waals surface area (Å²) in [5.41, 5.74) is -0.687. The van der Waals surface area contributed by atoms with Crippen molar-refractivity contribution in [3.63, 3.8) is 0 Å².